The van der Waals surface area contributed by atoms with Crippen LogP contribution in [0.1, 0.15) is 50.6 Å². The Hall–Kier alpha value is -2.21. The Kier molecular flexibility index (Phi) is 6.43. The highest BCUT2D eigenvalue weighted by atomic mass is 32.2. The van der Waals surface area contributed by atoms with Gasteiger partial charge in [0.25, 0.3) is 5.56 Å². The maximum Gasteiger partial charge on any atom is 0.404 e. The van der Waals surface area contributed by atoms with Crippen molar-refractivity contribution in [1.82, 2.24) is 18.8 Å². The quantitative estimate of drug-likeness (QED) is 0.696. The van der Waals surface area contributed by atoms with Gasteiger partial charge in [0.2, 0.25) is 16.0 Å². The van der Waals surface area contributed by atoms with Crippen molar-refractivity contribution in [2.75, 3.05) is 24.2 Å². The number of pyridine rings is 1. The van der Waals surface area contributed by atoms with Crippen LogP contribution in [0.3, 0.4) is 0 Å². The Balaban J connectivity index is 1.52. The zero-order chi connectivity index (χ0) is 24.0. The van der Waals surface area contributed by atoms with Crippen LogP contribution in [0.5, 0.6) is 0 Å². The first-order valence-corrected chi connectivity index (χ1v) is 12.8. The molecule has 8 nitrogen and oxygen atoms in total. The molecule has 1 saturated heterocycles. The molecule has 0 radical (unpaired) electrons. The van der Waals surface area contributed by atoms with E-state index in [-0.39, 0.29) is 30.7 Å². The molecule has 2 fully saturated rings. The number of nitrogens with zero attached hydrogens (tertiary/aromatic N) is 4. The Morgan fingerprint density at radius 2 is 1.88 bits per heavy atom. The lowest BCUT2D eigenvalue weighted by Crippen LogP contribution is -2.45. The highest BCUT2D eigenvalue weighted by Gasteiger charge is 2.39. The van der Waals surface area contributed by atoms with Crippen molar-refractivity contribution < 1.29 is 21.6 Å². The lowest BCUT2D eigenvalue weighted by molar-refractivity contribution is -0.107. The number of aryl methyl sites for hydroxylation is 1. The van der Waals surface area contributed by atoms with E-state index < -0.39 is 22.0 Å². The molecular formula is C21H28F3N5O3S. The second-order valence-electron chi connectivity index (χ2n) is 9.14. The van der Waals surface area contributed by atoms with E-state index in [4.69, 9.17) is 0 Å². The standard InChI is InChI=1S/C21H28F3N5O3S/c1-13-4-3-5-17(13)29-18-15(10-14(2)19(29)30)11-25-20(27-18)26-16-6-8-28(9-7-16)33(31,32)12-21(22,23)24/h10-11,13,16-17H,3-9,12H2,1-2H3,(H,25,26,27)/t13-,17+/m0/s1. The van der Waals surface area contributed by atoms with Crippen molar-refractivity contribution in [3.05, 3.63) is 28.2 Å². The Labute approximate surface area is 190 Å². The van der Waals surface area contributed by atoms with E-state index >= 15 is 0 Å². The third-order valence-corrected chi connectivity index (χ3v) is 8.47. The van der Waals surface area contributed by atoms with Crippen molar-refractivity contribution in [3.8, 4) is 0 Å². The normalized spacial score (nSPS) is 23.3. The topological polar surface area (TPSA) is 97.2 Å². The summed E-state index contributed by atoms with van der Waals surface area (Å²) in [5.41, 5.74) is 1.14. The molecule has 2 atom stereocenters. The van der Waals surface area contributed by atoms with Crippen molar-refractivity contribution in [1.29, 1.82) is 0 Å². The van der Waals surface area contributed by atoms with Crippen LogP contribution in [0.15, 0.2) is 17.1 Å². The molecule has 2 aliphatic rings. The molecular weight excluding hydrogens is 459 g/mol. The van der Waals surface area contributed by atoms with Gasteiger partial charge in [-0.3, -0.25) is 9.36 Å². The highest BCUT2D eigenvalue weighted by Crippen LogP contribution is 2.36. The van der Waals surface area contributed by atoms with Gasteiger partial charge in [0.05, 0.1) is 0 Å². The molecule has 1 saturated carbocycles. The van der Waals surface area contributed by atoms with Crippen molar-refractivity contribution >= 4 is 27.0 Å². The minimum Gasteiger partial charge on any atom is -0.351 e. The maximum atomic E-state index is 13.0. The lowest BCUT2D eigenvalue weighted by atomic mass is 10.1. The van der Waals surface area contributed by atoms with Gasteiger partial charge >= 0.3 is 6.18 Å². The summed E-state index contributed by atoms with van der Waals surface area (Å²) >= 11 is 0. The van der Waals surface area contributed by atoms with Gasteiger partial charge in [-0.25, -0.2) is 17.7 Å². The number of piperidine rings is 1. The molecule has 0 unspecified atom stereocenters. The van der Waals surface area contributed by atoms with Gasteiger partial charge in [-0.05, 0) is 44.6 Å². The Morgan fingerprint density at radius 1 is 1.18 bits per heavy atom. The monoisotopic (exact) mass is 487 g/mol. The van der Waals surface area contributed by atoms with E-state index in [1.165, 1.54) is 0 Å². The largest absolute Gasteiger partial charge is 0.404 e. The summed E-state index contributed by atoms with van der Waals surface area (Å²) < 4.78 is 64.3. The number of anilines is 1. The molecule has 0 bridgehead atoms. The number of sulfonamides is 1. The first-order valence-electron chi connectivity index (χ1n) is 11.1. The van der Waals surface area contributed by atoms with Crippen molar-refractivity contribution in [2.45, 2.75) is 64.2 Å². The first-order chi connectivity index (χ1) is 15.4. The lowest BCUT2D eigenvalue weighted by Gasteiger charge is -2.31. The second kappa shape index (κ2) is 8.86. The molecule has 4 rings (SSSR count). The molecule has 1 N–H and O–H groups in total. The minimum absolute atomic E-state index is 0.00679. The number of fused-ring (bicyclic) bond motifs is 1. The summed E-state index contributed by atoms with van der Waals surface area (Å²) in [7, 11) is -4.38. The van der Waals surface area contributed by atoms with E-state index in [1.807, 2.05) is 0 Å². The maximum absolute atomic E-state index is 13.0. The molecule has 2 aromatic rings. The van der Waals surface area contributed by atoms with Crippen LogP contribution in [0.25, 0.3) is 11.0 Å². The summed E-state index contributed by atoms with van der Waals surface area (Å²) in [6, 6.07) is 1.67. The Morgan fingerprint density at radius 3 is 2.48 bits per heavy atom. The van der Waals surface area contributed by atoms with Crippen molar-refractivity contribution in [3.63, 3.8) is 0 Å². The van der Waals surface area contributed by atoms with Crippen LogP contribution in [0.4, 0.5) is 19.1 Å². The predicted molar refractivity (Wildman–Crippen MR) is 119 cm³/mol. The molecule has 1 aliphatic carbocycles. The van der Waals surface area contributed by atoms with Crippen LogP contribution in [-0.2, 0) is 10.0 Å². The van der Waals surface area contributed by atoms with Gasteiger partial charge in [-0.2, -0.15) is 18.2 Å². The summed E-state index contributed by atoms with van der Waals surface area (Å²) in [6.07, 6.45) is 0.585. The average Bonchev–Trinajstić information content (AvgIpc) is 3.13. The summed E-state index contributed by atoms with van der Waals surface area (Å²) in [4.78, 5) is 22.0. The minimum atomic E-state index is -4.77. The number of halogens is 3. The molecule has 0 aromatic carbocycles. The number of alkyl halides is 3. The van der Waals surface area contributed by atoms with Gasteiger partial charge in [0.15, 0.2) is 5.75 Å². The molecule has 182 valence electrons. The first kappa shape index (κ1) is 23.9. The number of nitrogens with one attached hydrogen (secondary N) is 1. The average molecular weight is 488 g/mol. The molecule has 12 heteroatoms. The van der Waals surface area contributed by atoms with Crippen LogP contribution in [0, 0.1) is 12.8 Å². The summed E-state index contributed by atoms with van der Waals surface area (Å²) in [6.45, 7) is 3.91. The number of hydrogen-bond donors (Lipinski definition) is 1. The molecule has 0 amide bonds. The van der Waals surface area contributed by atoms with Gasteiger partial charge in [-0.15, -0.1) is 0 Å². The number of rotatable bonds is 5. The van der Waals surface area contributed by atoms with Crippen LogP contribution >= 0.6 is 0 Å². The molecule has 0 spiro atoms. The summed E-state index contributed by atoms with van der Waals surface area (Å²) in [5.74, 6) is -1.16. The van der Waals surface area contributed by atoms with Gasteiger partial charge in [0, 0.05) is 42.3 Å². The third kappa shape index (κ3) is 5.16. The van der Waals surface area contributed by atoms with E-state index in [0.717, 1.165) is 29.0 Å². The SMILES string of the molecule is Cc1cc2cnc(NC3CCN(S(=O)(=O)CC(F)(F)F)CC3)nc2n([C@@H]2CCC[C@@H]2C)c1=O. The molecule has 1 aliphatic heterocycles. The fraction of sp³-hybridized carbons (Fsp3) is 0.667. The Bertz CT molecular complexity index is 1190. The van der Waals surface area contributed by atoms with E-state index in [9.17, 15) is 26.4 Å². The highest BCUT2D eigenvalue weighted by molar-refractivity contribution is 7.89. The van der Waals surface area contributed by atoms with Gasteiger partial charge in [-0.1, -0.05) is 13.3 Å². The van der Waals surface area contributed by atoms with E-state index in [0.29, 0.717) is 35.9 Å². The zero-order valence-corrected chi connectivity index (χ0v) is 19.4. The van der Waals surface area contributed by atoms with Gasteiger partial charge in [0.1, 0.15) is 5.65 Å². The molecule has 2 aromatic heterocycles. The molecule has 3 heterocycles. The smallest absolute Gasteiger partial charge is 0.351 e. The fourth-order valence-corrected chi connectivity index (χ4v) is 6.27. The number of hydrogen-bond acceptors (Lipinski definition) is 6. The van der Waals surface area contributed by atoms with Gasteiger partial charge < -0.3 is 5.32 Å². The predicted octanol–water partition coefficient (Wildman–Crippen LogP) is 3.23. The molecule has 33 heavy (non-hydrogen) atoms. The van der Waals surface area contributed by atoms with Crippen LogP contribution in [0.2, 0.25) is 0 Å². The summed E-state index contributed by atoms with van der Waals surface area (Å²) in [5, 5.41) is 3.94. The zero-order valence-electron chi connectivity index (χ0n) is 18.6. The fourth-order valence-electron chi connectivity index (χ4n) is 4.90. The van der Waals surface area contributed by atoms with Crippen LogP contribution in [-0.4, -0.2) is 58.3 Å². The third-order valence-electron chi connectivity index (χ3n) is 6.63. The van der Waals surface area contributed by atoms with Crippen LogP contribution < -0.4 is 10.9 Å². The van der Waals surface area contributed by atoms with E-state index in [1.54, 1.807) is 23.8 Å². The second-order valence-corrected chi connectivity index (χ2v) is 11.1. The number of aromatic nitrogens is 3. The van der Waals surface area contributed by atoms with Crippen molar-refractivity contribution in [2.24, 2.45) is 5.92 Å². The van der Waals surface area contributed by atoms with E-state index in [2.05, 4.69) is 22.2 Å².